The van der Waals surface area contributed by atoms with Crippen molar-refractivity contribution in [2.75, 3.05) is 0 Å². The second-order valence-corrected chi connectivity index (χ2v) is 4.62. The quantitative estimate of drug-likeness (QED) is 0.683. The van der Waals surface area contributed by atoms with E-state index in [9.17, 15) is 4.39 Å². The van der Waals surface area contributed by atoms with Gasteiger partial charge >= 0.3 is 0 Å². The molecule has 20 heavy (non-hydrogen) atoms. The molecule has 3 rings (SSSR count). The standard InChI is InChI=1S/C15H10ClFN2O/c16-15-13-6-5-12(7-14(13)18-9-19-15)20-8-10-1-3-11(17)4-2-10/h1-7,9H,8H2. The summed E-state index contributed by atoms with van der Waals surface area (Å²) in [6.45, 7) is 0.366. The predicted octanol–water partition coefficient (Wildman–Crippen LogP) is 4.00. The highest BCUT2D eigenvalue weighted by molar-refractivity contribution is 6.34. The van der Waals surface area contributed by atoms with Crippen molar-refractivity contribution in [3.05, 3.63) is 65.3 Å². The summed E-state index contributed by atoms with van der Waals surface area (Å²) in [6, 6.07) is 11.6. The van der Waals surface area contributed by atoms with Gasteiger partial charge in [-0.25, -0.2) is 14.4 Å². The van der Waals surface area contributed by atoms with Gasteiger partial charge in [-0.15, -0.1) is 0 Å². The van der Waals surface area contributed by atoms with Crippen LogP contribution in [0, 0.1) is 5.82 Å². The zero-order valence-electron chi connectivity index (χ0n) is 10.4. The molecule has 0 saturated carbocycles. The fourth-order valence-corrected chi connectivity index (χ4v) is 2.04. The third-order valence-electron chi connectivity index (χ3n) is 2.88. The van der Waals surface area contributed by atoms with Crippen molar-refractivity contribution in [3.8, 4) is 5.75 Å². The maximum Gasteiger partial charge on any atom is 0.140 e. The van der Waals surface area contributed by atoms with Crippen molar-refractivity contribution >= 4 is 22.5 Å². The number of fused-ring (bicyclic) bond motifs is 1. The summed E-state index contributed by atoms with van der Waals surface area (Å²) < 4.78 is 18.4. The molecule has 3 nitrogen and oxygen atoms in total. The summed E-state index contributed by atoms with van der Waals surface area (Å²) in [7, 11) is 0. The summed E-state index contributed by atoms with van der Waals surface area (Å²) in [5.41, 5.74) is 1.62. The second-order valence-electron chi connectivity index (χ2n) is 4.26. The highest BCUT2D eigenvalue weighted by atomic mass is 35.5. The minimum atomic E-state index is -0.259. The molecule has 0 radical (unpaired) electrons. The summed E-state index contributed by atoms with van der Waals surface area (Å²) in [5.74, 6) is 0.419. The van der Waals surface area contributed by atoms with Crippen molar-refractivity contribution in [2.45, 2.75) is 6.61 Å². The Morgan fingerprint density at radius 2 is 1.85 bits per heavy atom. The lowest BCUT2D eigenvalue weighted by Crippen LogP contribution is -1.95. The molecule has 0 N–H and O–H groups in total. The molecule has 0 amide bonds. The van der Waals surface area contributed by atoms with Crippen molar-refractivity contribution in [1.82, 2.24) is 9.97 Å². The van der Waals surface area contributed by atoms with Crippen molar-refractivity contribution < 1.29 is 9.13 Å². The Morgan fingerprint density at radius 1 is 1.05 bits per heavy atom. The van der Waals surface area contributed by atoms with E-state index in [1.165, 1.54) is 18.5 Å². The van der Waals surface area contributed by atoms with Gasteiger partial charge in [0.05, 0.1) is 5.52 Å². The van der Waals surface area contributed by atoms with E-state index in [2.05, 4.69) is 9.97 Å². The summed E-state index contributed by atoms with van der Waals surface area (Å²) in [5, 5.41) is 1.20. The topological polar surface area (TPSA) is 35.0 Å². The van der Waals surface area contributed by atoms with E-state index in [4.69, 9.17) is 16.3 Å². The molecule has 0 aliphatic carbocycles. The van der Waals surface area contributed by atoms with E-state index in [1.807, 2.05) is 6.07 Å². The van der Waals surface area contributed by atoms with Crippen LogP contribution in [0.1, 0.15) is 5.56 Å². The first-order chi connectivity index (χ1) is 9.72. The van der Waals surface area contributed by atoms with Gasteiger partial charge in [-0.05, 0) is 29.8 Å². The monoisotopic (exact) mass is 288 g/mol. The third-order valence-corrected chi connectivity index (χ3v) is 3.18. The Bertz CT molecular complexity index is 746. The highest BCUT2D eigenvalue weighted by Crippen LogP contribution is 2.24. The Labute approximate surface area is 120 Å². The largest absolute Gasteiger partial charge is 0.489 e. The van der Waals surface area contributed by atoms with Gasteiger partial charge in [0.2, 0.25) is 0 Å². The highest BCUT2D eigenvalue weighted by Gasteiger charge is 2.03. The first-order valence-corrected chi connectivity index (χ1v) is 6.38. The Morgan fingerprint density at radius 3 is 2.65 bits per heavy atom. The maximum atomic E-state index is 12.8. The first kappa shape index (κ1) is 12.8. The van der Waals surface area contributed by atoms with Crippen molar-refractivity contribution in [2.24, 2.45) is 0 Å². The maximum absolute atomic E-state index is 12.8. The average molecular weight is 289 g/mol. The van der Waals surface area contributed by atoms with Crippen molar-refractivity contribution in [1.29, 1.82) is 0 Å². The lowest BCUT2D eigenvalue weighted by molar-refractivity contribution is 0.306. The molecule has 2 aromatic carbocycles. The Balaban J connectivity index is 1.79. The molecule has 1 heterocycles. The number of hydrogen-bond acceptors (Lipinski definition) is 3. The van der Waals surface area contributed by atoms with Gasteiger partial charge in [0.1, 0.15) is 29.7 Å². The van der Waals surface area contributed by atoms with E-state index in [0.717, 1.165) is 16.5 Å². The van der Waals surface area contributed by atoms with Gasteiger partial charge in [-0.2, -0.15) is 0 Å². The molecular formula is C15H10ClFN2O. The zero-order chi connectivity index (χ0) is 13.9. The van der Waals surface area contributed by atoms with Crippen LogP contribution >= 0.6 is 11.6 Å². The molecule has 5 heteroatoms. The van der Waals surface area contributed by atoms with E-state index < -0.39 is 0 Å². The minimum Gasteiger partial charge on any atom is -0.489 e. The average Bonchev–Trinajstić information content (AvgIpc) is 2.47. The predicted molar refractivity (Wildman–Crippen MR) is 75.3 cm³/mol. The Hall–Kier alpha value is -2.20. The number of benzene rings is 2. The zero-order valence-corrected chi connectivity index (χ0v) is 11.1. The molecule has 0 bridgehead atoms. The van der Waals surface area contributed by atoms with Crippen LogP contribution in [0.4, 0.5) is 4.39 Å². The molecule has 100 valence electrons. The summed E-state index contributed by atoms with van der Waals surface area (Å²) >= 11 is 5.97. The molecule has 0 fully saturated rings. The van der Waals surface area contributed by atoms with Crippen LogP contribution in [0.3, 0.4) is 0 Å². The fraction of sp³-hybridized carbons (Fsp3) is 0.0667. The summed E-state index contributed by atoms with van der Waals surface area (Å²) in [6.07, 6.45) is 1.41. The number of halogens is 2. The number of rotatable bonds is 3. The molecular weight excluding hydrogens is 279 g/mol. The van der Waals surface area contributed by atoms with Crippen LogP contribution in [-0.4, -0.2) is 9.97 Å². The number of aromatic nitrogens is 2. The smallest absolute Gasteiger partial charge is 0.140 e. The summed E-state index contributed by atoms with van der Waals surface area (Å²) in [4.78, 5) is 8.06. The molecule has 0 aliphatic rings. The normalized spacial score (nSPS) is 10.7. The van der Waals surface area contributed by atoms with Gasteiger partial charge < -0.3 is 4.74 Å². The van der Waals surface area contributed by atoms with E-state index >= 15 is 0 Å². The van der Waals surface area contributed by atoms with Crippen molar-refractivity contribution in [3.63, 3.8) is 0 Å². The SMILES string of the molecule is Fc1ccc(COc2ccc3c(Cl)ncnc3c2)cc1. The molecule has 0 atom stereocenters. The molecule has 0 aliphatic heterocycles. The second kappa shape index (κ2) is 5.43. The number of nitrogens with zero attached hydrogens (tertiary/aromatic N) is 2. The van der Waals surface area contributed by atoms with Crippen LogP contribution < -0.4 is 4.74 Å². The molecule has 3 aromatic rings. The fourth-order valence-electron chi connectivity index (χ4n) is 1.84. The third kappa shape index (κ3) is 2.70. The lowest BCUT2D eigenvalue weighted by atomic mass is 10.2. The number of ether oxygens (including phenoxy) is 1. The van der Waals surface area contributed by atoms with Gasteiger partial charge in [0.25, 0.3) is 0 Å². The van der Waals surface area contributed by atoms with Gasteiger partial charge in [-0.3, -0.25) is 0 Å². The van der Waals surface area contributed by atoms with Crippen LogP contribution in [0.5, 0.6) is 5.75 Å². The lowest BCUT2D eigenvalue weighted by Gasteiger charge is -2.07. The van der Waals surface area contributed by atoms with Gasteiger partial charge in [0.15, 0.2) is 0 Å². The van der Waals surface area contributed by atoms with Crippen LogP contribution in [0.15, 0.2) is 48.8 Å². The van der Waals surface area contributed by atoms with E-state index in [-0.39, 0.29) is 5.82 Å². The molecule has 1 aromatic heterocycles. The van der Waals surface area contributed by atoms with Gasteiger partial charge in [0, 0.05) is 11.5 Å². The van der Waals surface area contributed by atoms with Gasteiger partial charge in [-0.1, -0.05) is 23.7 Å². The van der Waals surface area contributed by atoms with Crippen LogP contribution in [-0.2, 0) is 6.61 Å². The van der Waals surface area contributed by atoms with E-state index in [1.54, 1.807) is 24.3 Å². The molecule has 0 unspecified atom stereocenters. The molecule has 0 saturated heterocycles. The Kier molecular flexibility index (Phi) is 3.48. The molecule has 0 spiro atoms. The van der Waals surface area contributed by atoms with Crippen LogP contribution in [0.2, 0.25) is 5.15 Å². The minimum absolute atomic E-state index is 0.259. The first-order valence-electron chi connectivity index (χ1n) is 6.00. The van der Waals surface area contributed by atoms with E-state index in [0.29, 0.717) is 17.5 Å². The van der Waals surface area contributed by atoms with Crippen LogP contribution in [0.25, 0.3) is 10.9 Å². The number of hydrogen-bond donors (Lipinski definition) is 0.